The molecule has 4 aliphatic rings. The molecule has 2 atom stereocenters. The van der Waals surface area contributed by atoms with E-state index in [-0.39, 0.29) is 12.1 Å². The van der Waals surface area contributed by atoms with E-state index < -0.39 is 0 Å². The first kappa shape index (κ1) is 20.0. The van der Waals surface area contributed by atoms with Crippen molar-refractivity contribution >= 4 is 24.6 Å². The standard InChI is InChI=1S/C25H24N4O4/c1-3-16(22(20-12-30-14-28-20)18(5-1)24-26-7-9-32-24)11-17-4-2-6-19(25-27-8-10-33-25)23(17)21-13-31-15-29-21/h1-6,14-15,20-21H,7-13H2. The molecule has 0 N–H and O–H groups in total. The van der Waals surface area contributed by atoms with Crippen molar-refractivity contribution in [3.05, 3.63) is 69.8 Å². The molecule has 0 aliphatic carbocycles. The molecule has 0 saturated carbocycles. The summed E-state index contributed by atoms with van der Waals surface area (Å²) in [6.45, 7) is 3.59. The molecule has 2 aromatic rings. The van der Waals surface area contributed by atoms with Gasteiger partial charge >= 0.3 is 0 Å². The smallest absolute Gasteiger partial charge is 0.216 e. The Labute approximate surface area is 191 Å². The fourth-order valence-electron chi connectivity index (χ4n) is 4.80. The maximum atomic E-state index is 5.83. The van der Waals surface area contributed by atoms with Crippen LogP contribution >= 0.6 is 0 Å². The summed E-state index contributed by atoms with van der Waals surface area (Å²) in [5.41, 5.74) is 6.50. The van der Waals surface area contributed by atoms with E-state index >= 15 is 0 Å². The van der Waals surface area contributed by atoms with Crippen LogP contribution in [0.4, 0.5) is 0 Å². The molecular weight excluding hydrogens is 420 g/mol. The van der Waals surface area contributed by atoms with Crippen molar-refractivity contribution in [2.75, 3.05) is 39.5 Å². The fraction of sp³-hybridized carbons (Fsp3) is 0.360. The average Bonchev–Trinajstić information content (AvgIpc) is 3.67. The van der Waals surface area contributed by atoms with Crippen LogP contribution in [0, 0.1) is 0 Å². The van der Waals surface area contributed by atoms with Crippen LogP contribution in [0.3, 0.4) is 0 Å². The van der Waals surface area contributed by atoms with E-state index in [0.717, 1.165) is 33.4 Å². The van der Waals surface area contributed by atoms with E-state index in [9.17, 15) is 0 Å². The van der Waals surface area contributed by atoms with Crippen LogP contribution in [0.1, 0.15) is 45.5 Å². The van der Waals surface area contributed by atoms with Crippen LogP contribution in [0.25, 0.3) is 0 Å². The van der Waals surface area contributed by atoms with Crippen LogP contribution in [0.15, 0.2) is 56.4 Å². The van der Waals surface area contributed by atoms with Gasteiger partial charge in [0.2, 0.25) is 11.8 Å². The van der Waals surface area contributed by atoms with E-state index in [2.05, 4.69) is 56.4 Å². The number of ether oxygens (including phenoxy) is 4. The van der Waals surface area contributed by atoms with Gasteiger partial charge in [-0.2, -0.15) is 0 Å². The highest BCUT2D eigenvalue weighted by Crippen LogP contribution is 2.35. The van der Waals surface area contributed by atoms with Crippen LogP contribution in [0.5, 0.6) is 0 Å². The SMILES string of the molecule is C1=NC(c2c(Cc3cccc(C4=NCCO4)c3C3COC=N3)cccc2C2=NCCO2)CO1. The van der Waals surface area contributed by atoms with Gasteiger partial charge in [-0.3, -0.25) is 0 Å². The van der Waals surface area contributed by atoms with Crippen molar-refractivity contribution in [2.24, 2.45) is 20.0 Å². The van der Waals surface area contributed by atoms with Gasteiger partial charge in [0.05, 0.1) is 13.1 Å². The monoisotopic (exact) mass is 444 g/mol. The van der Waals surface area contributed by atoms with Gasteiger partial charge in [-0.15, -0.1) is 0 Å². The summed E-state index contributed by atoms with van der Waals surface area (Å²) in [5, 5.41) is 0. The summed E-state index contributed by atoms with van der Waals surface area (Å²) in [6.07, 6.45) is 3.77. The molecule has 0 bridgehead atoms. The minimum absolute atomic E-state index is 0.0925. The van der Waals surface area contributed by atoms with Crippen molar-refractivity contribution in [1.82, 2.24) is 0 Å². The second kappa shape index (κ2) is 8.69. The molecule has 33 heavy (non-hydrogen) atoms. The van der Waals surface area contributed by atoms with Gasteiger partial charge in [0.15, 0.2) is 12.8 Å². The van der Waals surface area contributed by atoms with Gasteiger partial charge in [0.25, 0.3) is 0 Å². The third-order valence-corrected chi connectivity index (χ3v) is 6.21. The summed E-state index contributed by atoms with van der Waals surface area (Å²) in [6, 6.07) is 12.3. The normalized spacial score (nSPS) is 23.0. The van der Waals surface area contributed by atoms with Gasteiger partial charge in [0, 0.05) is 11.1 Å². The Bertz CT molecular complexity index is 1100. The fourth-order valence-corrected chi connectivity index (χ4v) is 4.80. The molecule has 0 aromatic heterocycles. The molecule has 168 valence electrons. The summed E-state index contributed by atoms with van der Waals surface area (Å²) in [7, 11) is 0. The van der Waals surface area contributed by atoms with E-state index in [4.69, 9.17) is 18.9 Å². The zero-order chi connectivity index (χ0) is 22.0. The number of nitrogens with zero attached hydrogens (tertiary/aromatic N) is 4. The summed E-state index contributed by atoms with van der Waals surface area (Å²) < 4.78 is 22.6. The van der Waals surface area contributed by atoms with Gasteiger partial charge in [-0.05, 0) is 40.8 Å². The highest BCUT2D eigenvalue weighted by Gasteiger charge is 2.29. The highest BCUT2D eigenvalue weighted by atomic mass is 16.5. The van der Waals surface area contributed by atoms with E-state index in [0.29, 0.717) is 57.7 Å². The Balaban J connectivity index is 1.46. The number of hydrogen-bond donors (Lipinski definition) is 0. The topological polar surface area (TPSA) is 86.4 Å². The first-order valence-electron chi connectivity index (χ1n) is 11.2. The highest BCUT2D eigenvalue weighted by molar-refractivity contribution is 5.98. The number of rotatable bonds is 6. The molecule has 8 heteroatoms. The molecule has 0 spiro atoms. The summed E-state index contributed by atoms with van der Waals surface area (Å²) >= 11 is 0. The van der Waals surface area contributed by atoms with Crippen LogP contribution in [0.2, 0.25) is 0 Å². The van der Waals surface area contributed by atoms with Crippen molar-refractivity contribution in [1.29, 1.82) is 0 Å². The number of benzene rings is 2. The molecule has 0 saturated heterocycles. The minimum Gasteiger partial charge on any atom is -0.481 e. The van der Waals surface area contributed by atoms with Gasteiger partial charge < -0.3 is 18.9 Å². The van der Waals surface area contributed by atoms with Crippen molar-refractivity contribution in [2.45, 2.75) is 18.5 Å². The molecule has 0 radical (unpaired) electrons. The Hall–Kier alpha value is -3.68. The molecule has 0 fully saturated rings. The van der Waals surface area contributed by atoms with Crippen LogP contribution in [-0.2, 0) is 25.4 Å². The molecule has 6 rings (SSSR count). The maximum Gasteiger partial charge on any atom is 0.216 e. The molecule has 8 nitrogen and oxygen atoms in total. The zero-order valence-electron chi connectivity index (χ0n) is 18.1. The Kier molecular flexibility index (Phi) is 5.26. The first-order chi connectivity index (χ1) is 16.4. The third kappa shape index (κ3) is 3.75. The lowest BCUT2D eigenvalue weighted by molar-refractivity contribution is 0.328. The molecule has 2 aromatic carbocycles. The lowest BCUT2D eigenvalue weighted by Crippen LogP contribution is -2.15. The second-order valence-corrected chi connectivity index (χ2v) is 8.21. The van der Waals surface area contributed by atoms with E-state index in [1.807, 2.05) is 0 Å². The van der Waals surface area contributed by atoms with E-state index in [1.165, 1.54) is 12.8 Å². The summed E-state index contributed by atoms with van der Waals surface area (Å²) in [4.78, 5) is 18.3. The predicted molar refractivity (Wildman–Crippen MR) is 125 cm³/mol. The second-order valence-electron chi connectivity index (χ2n) is 8.21. The van der Waals surface area contributed by atoms with E-state index in [1.54, 1.807) is 0 Å². The molecular formula is C25H24N4O4. The van der Waals surface area contributed by atoms with Crippen molar-refractivity contribution < 1.29 is 18.9 Å². The summed E-state index contributed by atoms with van der Waals surface area (Å²) in [5.74, 6) is 1.37. The van der Waals surface area contributed by atoms with Crippen LogP contribution in [-0.4, -0.2) is 64.1 Å². The lowest BCUT2D eigenvalue weighted by atomic mass is 9.87. The third-order valence-electron chi connectivity index (χ3n) is 6.21. The maximum absolute atomic E-state index is 5.83. The van der Waals surface area contributed by atoms with Crippen LogP contribution < -0.4 is 0 Å². The molecule has 4 heterocycles. The zero-order valence-corrected chi connectivity index (χ0v) is 18.1. The molecule has 2 unspecified atom stereocenters. The Morgan fingerprint density at radius 1 is 0.697 bits per heavy atom. The predicted octanol–water partition coefficient (Wildman–Crippen LogP) is 3.03. The molecule has 0 amide bonds. The Morgan fingerprint density at radius 3 is 1.61 bits per heavy atom. The van der Waals surface area contributed by atoms with Gasteiger partial charge in [-0.1, -0.05) is 24.3 Å². The minimum atomic E-state index is -0.0925. The lowest BCUT2D eigenvalue weighted by Gasteiger charge is -2.21. The van der Waals surface area contributed by atoms with Crippen molar-refractivity contribution in [3.8, 4) is 0 Å². The largest absolute Gasteiger partial charge is 0.481 e. The number of hydrogen-bond acceptors (Lipinski definition) is 8. The van der Waals surface area contributed by atoms with Gasteiger partial charge in [-0.25, -0.2) is 20.0 Å². The van der Waals surface area contributed by atoms with Crippen molar-refractivity contribution in [3.63, 3.8) is 0 Å². The first-order valence-corrected chi connectivity index (χ1v) is 11.2. The molecule has 4 aliphatic heterocycles. The van der Waals surface area contributed by atoms with Gasteiger partial charge in [0.1, 0.15) is 38.5 Å². The Morgan fingerprint density at radius 2 is 1.21 bits per heavy atom. The average molecular weight is 444 g/mol. The number of aliphatic imine (C=N–C) groups is 4. The quantitative estimate of drug-likeness (QED) is 0.685.